The minimum Gasteiger partial charge on any atom is -0.388 e. The van der Waals surface area contributed by atoms with Gasteiger partial charge in [0.05, 0.1) is 6.61 Å². The van der Waals surface area contributed by atoms with Crippen molar-refractivity contribution < 1.29 is 42.1 Å². The summed E-state index contributed by atoms with van der Waals surface area (Å²) in [5.41, 5.74) is 5.18. The number of rotatable bonds is 8. The molecule has 0 rings (SSSR count). The van der Waals surface area contributed by atoms with Gasteiger partial charge in [-0.2, -0.15) is 8.42 Å². The van der Waals surface area contributed by atoms with Gasteiger partial charge in [0.15, 0.2) is 5.78 Å². The van der Waals surface area contributed by atoms with E-state index >= 15 is 0 Å². The monoisotopic (exact) mass is 301 g/mol. The van der Waals surface area contributed by atoms with Gasteiger partial charge in [-0.3, -0.25) is 14.1 Å². The van der Waals surface area contributed by atoms with Crippen LogP contribution < -0.4 is 5.73 Å². The number of aliphatic hydroxyl groups is 3. The smallest absolute Gasteiger partial charge is 0.388 e. The van der Waals surface area contributed by atoms with Gasteiger partial charge in [0.2, 0.25) is 5.78 Å². The molecule has 0 unspecified atom stereocenters. The van der Waals surface area contributed by atoms with Gasteiger partial charge < -0.3 is 21.1 Å². The third-order valence-electron chi connectivity index (χ3n) is 2.15. The first-order valence-corrected chi connectivity index (χ1v) is 6.30. The second-order valence-corrected chi connectivity index (χ2v) is 4.80. The van der Waals surface area contributed by atoms with Crippen molar-refractivity contribution in [3.05, 3.63) is 0 Å². The second kappa shape index (κ2) is 7.00. The van der Waals surface area contributed by atoms with E-state index in [-0.39, 0.29) is 0 Å². The standard InChI is InChI=1S/C8H15NO9S/c1-3(10)6(12)5(9)8(14)7(13)4(11)2-18-19(15,16)17/h4-5,7-8,11,13-14H,2,9H2,1H3,(H,15,16,17)/t4-,5+,7+,8-/m1/s1. The molecule has 11 heteroatoms. The Labute approximate surface area is 108 Å². The molecular formula is C8H15NO9S. The SMILES string of the molecule is CC(=O)C(=O)[C@H](N)[C@@H](O)[C@@H](O)[C@H](O)COS(=O)(=O)O. The molecule has 10 nitrogen and oxygen atoms in total. The van der Waals surface area contributed by atoms with Crippen LogP contribution in [-0.4, -0.2) is 70.8 Å². The van der Waals surface area contributed by atoms with Gasteiger partial charge >= 0.3 is 10.4 Å². The van der Waals surface area contributed by atoms with Gasteiger partial charge in [0.1, 0.15) is 24.4 Å². The lowest BCUT2D eigenvalue weighted by Crippen LogP contribution is -2.54. The van der Waals surface area contributed by atoms with E-state index in [0.29, 0.717) is 0 Å². The molecule has 0 heterocycles. The van der Waals surface area contributed by atoms with E-state index in [1.807, 2.05) is 0 Å². The van der Waals surface area contributed by atoms with Crippen molar-refractivity contribution >= 4 is 22.0 Å². The number of aliphatic hydroxyl groups excluding tert-OH is 3. The largest absolute Gasteiger partial charge is 0.397 e. The van der Waals surface area contributed by atoms with E-state index in [9.17, 15) is 33.3 Å². The Morgan fingerprint density at radius 2 is 1.68 bits per heavy atom. The highest BCUT2D eigenvalue weighted by atomic mass is 32.3. The third kappa shape index (κ3) is 6.15. The van der Waals surface area contributed by atoms with Crippen LogP contribution in [0.5, 0.6) is 0 Å². The molecule has 0 amide bonds. The fourth-order valence-corrected chi connectivity index (χ4v) is 1.40. The molecule has 0 aromatic rings. The van der Waals surface area contributed by atoms with Gasteiger partial charge in [-0.1, -0.05) is 0 Å². The highest BCUT2D eigenvalue weighted by Gasteiger charge is 2.35. The van der Waals surface area contributed by atoms with Crippen LogP contribution in [0.3, 0.4) is 0 Å². The van der Waals surface area contributed by atoms with Crippen molar-refractivity contribution in [1.82, 2.24) is 0 Å². The quantitative estimate of drug-likeness (QED) is 0.221. The zero-order valence-electron chi connectivity index (χ0n) is 9.83. The number of nitrogens with two attached hydrogens (primary N) is 1. The van der Waals surface area contributed by atoms with Crippen LogP contribution in [0, 0.1) is 0 Å². The van der Waals surface area contributed by atoms with Gasteiger partial charge in [-0.05, 0) is 0 Å². The average Bonchev–Trinajstić information content (AvgIpc) is 2.30. The van der Waals surface area contributed by atoms with Gasteiger partial charge in [-0.25, -0.2) is 4.18 Å². The van der Waals surface area contributed by atoms with Crippen LogP contribution in [0.1, 0.15) is 6.92 Å². The lowest BCUT2D eigenvalue weighted by atomic mass is 9.97. The van der Waals surface area contributed by atoms with Crippen LogP contribution >= 0.6 is 0 Å². The molecule has 0 fully saturated rings. The van der Waals surface area contributed by atoms with Crippen molar-refractivity contribution in [2.75, 3.05) is 6.61 Å². The van der Waals surface area contributed by atoms with Gasteiger partial charge in [0, 0.05) is 6.92 Å². The minimum absolute atomic E-state index is 0.902. The molecule has 0 aromatic heterocycles. The van der Waals surface area contributed by atoms with E-state index in [4.69, 9.17) is 10.3 Å². The summed E-state index contributed by atoms with van der Waals surface area (Å²) < 4.78 is 32.4. The Morgan fingerprint density at radius 1 is 1.21 bits per heavy atom. The molecule has 0 radical (unpaired) electrons. The second-order valence-electron chi connectivity index (χ2n) is 3.71. The van der Waals surface area contributed by atoms with E-state index in [1.54, 1.807) is 0 Å². The first-order valence-electron chi connectivity index (χ1n) is 4.93. The van der Waals surface area contributed by atoms with Crippen LogP contribution in [0.25, 0.3) is 0 Å². The zero-order chi connectivity index (χ0) is 15.4. The van der Waals surface area contributed by atoms with Gasteiger partial charge in [-0.15, -0.1) is 0 Å². The number of hydrogen-bond acceptors (Lipinski definition) is 9. The first kappa shape index (κ1) is 18.0. The maximum atomic E-state index is 11.1. The summed E-state index contributed by atoms with van der Waals surface area (Å²) in [7, 11) is -4.83. The maximum Gasteiger partial charge on any atom is 0.397 e. The van der Waals surface area contributed by atoms with Crippen molar-refractivity contribution in [3.63, 3.8) is 0 Å². The number of ketones is 2. The zero-order valence-corrected chi connectivity index (χ0v) is 10.6. The predicted octanol–water partition coefficient (Wildman–Crippen LogP) is -3.63. The van der Waals surface area contributed by atoms with Crippen molar-refractivity contribution in [2.24, 2.45) is 5.73 Å². The van der Waals surface area contributed by atoms with Crippen LogP contribution in [-0.2, 0) is 24.2 Å². The van der Waals surface area contributed by atoms with Crippen molar-refractivity contribution in [2.45, 2.75) is 31.3 Å². The summed E-state index contributed by atoms with van der Waals surface area (Å²) in [6, 6.07) is -1.78. The number of carbonyl (C=O) groups excluding carboxylic acids is 2. The Morgan fingerprint density at radius 3 is 2.05 bits per heavy atom. The van der Waals surface area contributed by atoms with E-state index in [2.05, 4.69) is 4.18 Å². The number of hydrogen-bond donors (Lipinski definition) is 5. The summed E-state index contributed by atoms with van der Waals surface area (Å²) in [5, 5.41) is 28.1. The molecule has 112 valence electrons. The molecule has 0 saturated heterocycles. The van der Waals surface area contributed by atoms with Crippen molar-refractivity contribution in [3.8, 4) is 0 Å². The molecule has 4 atom stereocenters. The average molecular weight is 301 g/mol. The Bertz CT molecular complexity index is 434. The summed E-state index contributed by atoms with van der Waals surface area (Å²) >= 11 is 0. The van der Waals surface area contributed by atoms with Crippen LogP contribution in [0.4, 0.5) is 0 Å². The molecule has 6 N–H and O–H groups in total. The van der Waals surface area contributed by atoms with E-state index in [1.165, 1.54) is 0 Å². The summed E-state index contributed by atoms with van der Waals surface area (Å²) in [5.74, 6) is -2.13. The number of carbonyl (C=O) groups is 2. The molecule has 0 aliphatic heterocycles. The summed E-state index contributed by atoms with van der Waals surface area (Å²) in [6.07, 6.45) is -6.03. The van der Waals surface area contributed by atoms with Crippen molar-refractivity contribution in [1.29, 1.82) is 0 Å². The third-order valence-corrected chi connectivity index (χ3v) is 2.58. The van der Waals surface area contributed by atoms with Crippen LogP contribution in [0.15, 0.2) is 0 Å². The number of Topliss-reactive ketones (excluding diaryl/α,β-unsaturated/α-hetero) is 2. The molecule has 19 heavy (non-hydrogen) atoms. The Hall–Kier alpha value is -0.950. The topological polar surface area (TPSA) is 184 Å². The lowest BCUT2D eigenvalue weighted by Gasteiger charge is -2.25. The molecule has 0 saturated carbocycles. The fourth-order valence-electron chi connectivity index (χ4n) is 1.08. The normalized spacial score (nSPS) is 18.4. The molecule has 0 aliphatic rings. The molecule has 0 aromatic carbocycles. The van der Waals surface area contributed by atoms with E-state index < -0.39 is 52.9 Å². The fraction of sp³-hybridized carbons (Fsp3) is 0.750. The summed E-state index contributed by atoms with van der Waals surface area (Å²) in [6.45, 7) is -0.169. The molecule has 0 spiro atoms. The lowest BCUT2D eigenvalue weighted by molar-refractivity contribution is -0.140. The summed E-state index contributed by atoms with van der Waals surface area (Å²) in [4.78, 5) is 21.9. The highest BCUT2D eigenvalue weighted by molar-refractivity contribution is 7.80. The predicted molar refractivity (Wildman–Crippen MR) is 59.2 cm³/mol. The van der Waals surface area contributed by atoms with E-state index in [0.717, 1.165) is 6.92 Å². The maximum absolute atomic E-state index is 11.1. The minimum atomic E-state index is -4.83. The molecule has 0 bridgehead atoms. The molecule has 0 aliphatic carbocycles. The van der Waals surface area contributed by atoms with Gasteiger partial charge in [0.25, 0.3) is 0 Å². The Balaban J connectivity index is 4.59. The Kier molecular flexibility index (Phi) is 6.65. The molecular weight excluding hydrogens is 286 g/mol. The van der Waals surface area contributed by atoms with Crippen LogP contribution in [0.2, 0.25) is 0 Å². The highest BCUT2D eigenvalue weighted by Crippen LogP contribution is 2.06. The first-order chi connectivity index (χ1) is 8.47.